The van der Waals surface area contributed by atoms with Crippen LogP contribution < -0.4 is 0 Å². The lowest BCUT2D eigenvalue weighted by Gasteiger charge is -2.11. The second-order valence-corrected chi connectivity index (χ2v) is 12.1. The van der Waals surface area contributed by atoms with Gasteiger partial charge in [-0.2, -0.15) is 0 Å². The van der Waals surface area contributed by atoms with Crippen LogP contribution in [0.3, 0.4) is 0 Å². The molecule has 4 heteroatoms. The number of aromatic nitrogens is 4. The molecule has 0 radical (unpaired) electrons. The smallest absolute Gasteiger partial charge is 0.160 e. The molecule has 0 aliphatic rings. The fourth-order valence-corrected chi connectivity index (χ4v) is 6.76. The van der Waals surface area contributed by atoms with Crippen molar-refractivity contribution in [2.75, 3.05) is 0 Å². The molecule has 0 N–H and O–H groups in total. The maximum absolute atomic E-state index is 5.07. The highest BCUT2D eigenvalue weighted by Crippen LogP contribution is 2.39. The monoisotopic (exact) mass is 626 g/mol. The molecule has 3 aromatic heterocycles. The second-order valence-electron chi connectivity index (χ2n) is 12.1. The van der Waals surface area contributed by atoms with Crippen LogP contribution in [0.15, 0.2) is 182 Å². The number of para-hydroxylation sites is 2. The van der Waals surface area contributed by atoms with Gasteiger partial charge in [0.2, 0.25) is 0 Å². The highest BCUT2D eigenvalue weighted by atomic mass is 15.0. The third-order valence-electron chi connectivity index (χ3n) is 9.14. The molecule has 0 aliphatic heterocycles. The summed E-state index contributed by atoms with van der Waals surface area (Å²) in [7, 11) is 0. The van der Waals surface area contributed by atoms with Crippen LogP contribution >= 0.6 is 0 Å². The van der Waals surface area contributed by atoms with Gasteiger partial charge in [0.25, 0.3) is 0 Å². The molecule has 0 amide bonds. The first kappa shape index (κ1) is 28.6. The molecule has 49 heavy (non-hydrogen) atoms. The number of pyridine rings is 1. The molecular formula is C45H30N4. The van der Waals surface area contributed by atoms with Crippen molar-refractivity contribution in [2.24, 2.45) is 0 Å². The van der Waals surface area contributed by atoms with Crippen molar-refractivity contribution >= 4 is 21.8 Å². The third-order valence-corrected chi connectivity index (χ3v) is 9.14. The topological polar surface area (TPSA) is 43.6 Å². The molecule has 0 saturated heterocycles. The zero-order chi connectivity index (χ0) is 32.6. The average molecular weight is 627 g/mol. The van der Waals surface area contributed by atoms with Crippen molar-refractivity contribution in [3.05, 3.63) is 182 Å². The third kappa shape index (κ3) is 5.26. The minimum Gasteiger partial charge on any atom is -0.309 e. The first-order valence-electron chi connectivity index (χ1n) is 16.4. The molecule has 0 fully saturated rings. The van der Waals surface area contributed by atoms with E-state index in [-0.39, 0.29) is 0 Å². The Morgan fingerprint density at radius 2 is 1.00 bits per heavy atom. The van der Waals surface area contributed by atoms with Crippen LogP contribution in [0.25, 0.3) is 83.6 Å². The number of benzene rings is 6. The normalized spacial score (nSPS) is 11.3. The summed E-state index contributed by atoms with van der Waals surface area (Å²) in [6.45, 7) is 0. The summed E-state index contributed by atoms with van der Waals surface area (Å²) in [5.41, 5.74) is 12.9. The van der Waals surface area contributed by atoms with Crippen LogP contribution in [-0.2, 0) is 0 Å². The highest BCUT2D eigenvalue weighted by molar-refractivity contribution is 6.15. The Hall–Kier alpha value is -6.65. The Morgan fingerprint density at radius 3 is 1.69 bits per heavy atom. The Morgan fingerprint density at radius 1 is 0.408 bits per heavy atom. The summed E-state index contributed by atoms with van der Waals surface area (Å²) in [5, 5.41) is 2.49. The first-order valence-corrected chi connectivity index (χ1v) is 16.4. The van der Waals surface area contributed by atoms with E-state index in [1.165, 1.54) is 27.4 Å². The highest BCUT2D eigenvalue weighted by Gasteiger charge is 2.16. The van der Waals surface area contributed by atoms with Gasteiger partial charge in [-0.1, -0.05) is 133 Å². The summed E-state index contributed by atoms with van der Waals surface area (Å²) in [6, 6.07) is 59.5. The zero-order valence-corrected chi connectivity index (χ0v) is 26.6. The van der Waals surface area contributed by atoms with Crippen LogP contribution in [0.2, 0.25) is 0 Å². The van der Waals surface area contributed by atoms with E-state index in [4.69, 9.17) is 9.97 Å². The average Bonchev–Trinajstić information content (AvgIpc) is 3.53. The molecule has 6 aromatic carbocycles. The maximum atomic E-state index is 5.07. The molecule has 0 aliphatic carbocycles. The molecule has 0 unspecified atom stereocenters. The molecule has 3 heterocycles. The van der Waals surface area contributed by atoms with Gasteiger partial charge in [-0.15, -0.1) is 0 Å². The lowest BCUT2D eigenvalue weighted by atomic mass is 9.97. The quantitative estimate of drug-likeness (QED) is 0.184. The van der Waals surface area contributed by atoms with E-state index in [0.717, 1.165) is 50.5 Å². The van der Waals surface area contributed by atoms with E-state index in [9.17, 15) is 0 Å². The number of nitrogens with zero attached hydrogens (tertiary/aromatic N) is 4. The molecule has 9 aromatic rings. The van der Waals surface area contributed by atoms with Crippen LogP contribution in [0.1, 0.15) is 0 Å². The van der Waals surface area contributed by atoms with Gasteiger partial charge in [0.05, 0.1) is 22.4 Å². The van der Waals surface area contributed by atoms with Crippen molar-refractivity contribution in [1.82, 2.24) is 19.5 Å². The lowest BCUT2D eigenvalue weighted by Crippen LogP contribution is -1.96. The van der Waals surface area contributed by atoms with E-state index < -0.39 is 0 Å². The van der Waals surface area contributed by atoms with Crippen LogP contribution in [-0.4, -0.2) is 19.5 Å². The van der Waals surface area contributed by atoms with E-state index >= 15 is 0 Å². The Labute approximate surface area is 284 Å². The minimum atomic E-state index is 0.701. The number of rotatable bonds is 6. The molecular weight excluding hydrogens is 597 g/mol. The zero-order valence-electron chi connectivity index (χ0n) is 26.6. The van der Waals surface area contributed by atoms with Crippen molar-refractivity contribution in [3.8, 4) is 61.8 Å². The molecule has 9 rings (SSSR count). The molecule has 0 spiro atoms. The largest absolute Gasteiger partial charge is 0.309 e. The van der Waals surface area contributed by atoms with Crippen molar-refractivity contribution in [3.63, 3.8) is 0 Å². The summed E-state index contributed by atoms with van der Waals surface area (Å²) < 4.78 is 2.36. The van der Waals surface area contributed by atoms with Gasteiger partial charge in [-0.05, 0) is 58.7 Å². The maximum Gasteiger partial charge on any atom is 0.160 e. The Kier molecular flexibility index (Phi) is 7.10. The standard InChI is InChI=1S/C45H30N4/c1-3-11-35(12-4-1)45-47-40(33-24-20-31(21-25-33)36-13-10-28-46-30-36)29-41(48-45)34-26-22-32(23-27-34)38-17-9-19-43-44(38)39-16-7-8-18-42(39)49(43)37-14-5-2-6-15-37/h1-30H. The van der Waals surface area contributed by atoms with E-state index in [1.807, 2.05) is 30.5 Å². The van der Waals surface area contributed by atoms with Crippen molar-refractivity contribution in [2.45, 2.75) is 0 Å². The first-order chi connectivity index (χ1) is 24.3. The van der Waals surface area contributed by atoms with Crippen molar-refractivity contribution < 1.29 is 0 Å². The molecule has 0 atom stereocenters. The van der Waals surface area contributed by atoms with Crippen LogP contribution in [0, 0.1) is 0 Å². The number of fused-ring (bicyclic) bond motifs is 3. The Bertz CT molecular complexity index is 2560. The number of hydrogen-bond acceptors (Lipinski definition) is 3. The minimum absolute atomic E-state index is 0.701. The summed E-state index contributed by atoms with van der Waals surface area (Å²) in [6.07, 6.45) is 3.68. The van der Waals surface area contributed by atoms with Crippen LogP contribution in [0.4, 0.5) is 0 Å². The fraction of sp³-hybridized carbons (Fsp3) is 0. The van der Waals surface area contributed by atoms with E-state index in [1.54, 1.807) is 6.20 Å². The van der Waals surface area contributed by atoms with Gasteiger partial charge in [0, 0.05) is 45.5 Å². The van der Waals surface area contributed by atoms with E-state index in [0.29, 0.717) is 5.82 Å². The SMILES string of the molecule is c1ccc(-c2nc(-c3ccc(-c4cccnc4)cc3)cc(-c3ccc(-c4cccc5c4c4ccccc4n5-c4ccccc4)cc3)n2)cc1. The summed E-state index contributed by atoms with van der Waals surface area (Å²) in [5.74, 6) is 0.701. The molecule has 0 saturated carbocycles. The Balaban J connectivity index is 1.14. The van der Waals surface area contributed by atoms with Gasteiger partial charge in [-0.25, -0.2) is 9.97 Å². The van der Waals surface area contributed by atoms with Gasteiger partial charge < -0.3 is 4.57 Å². The van der Waals surface area contributed by atoms with Gasteiger partial charge >= 0.3 is 0 Å². The van der Waals surface area contributed by atoms with Crippen LogP contribution in [0.5, 0.6) is 0 Å². The van der Waals surface area contributed by atoms with Gasteiger partial charge in [-0.3, -0.25) is 4.98 Å². The van der Waals surface area contributed by atoms with Crippen molar-refractivity contribution in [1.29, 1.82) is 0 Å². The second kappa shape index (κ2) is 12.2. The molecule has 4 nitrogen and oxygen atoms in total. The van der Waals surface area contributed by atoms with Gasteiger partial charge in [0.1, 0.15) is 0 Å². The number of hydrogen-bond donors (Lipinski definition) is 0. The molecule has 0 bridgehead atoms. The predicted molar refractivity (Wildman–Crippen MR) is 201 cm³/mol. The fourth-order valence-electron chi connectivity index (χ4n) is 6.76. The lowest BCUT2D eigenvalue weighted by molar-refractivity contribution is 1.18. The molecule has 230 valence electrons. The summed E-state index contributed by atoms with van der Waals surface area (Å²) in [4.78, 5) is 14.4. The van der Waals surface area contributed by atoms with E-state index in [2.05, 4.69) is 155 Å². The summed E-state index contributed by atoms with van der Waals surface area (Å²) >= 11 is 0. The predicted octanol–water partition coefficient (Wildman–Crippen LogP) is 11.3. The van der Waals surface area contributed by atoms with Gasteiger partial charge in [0.15, 0.2) is 5.82 Å².